The molecular formula is C21H24N4O3S2. The molecular weight excluding hydrogens is 420 g/mol. The first kappa shape index (κ1) is 20.9. The Labute approximate surface area is 178 Å². The fourth-order valence-electron chi connectivity index (χ4n) is 3.59. The molecule has 0 saturated carbocycles. The number of hydrogen-bond acceptors (Lipinski definition) is 6. The molecule has 1 unspecified atom stereocenters. The molecule has 30 heavy (non-hydrogen) atoms. The normalized spacial score (nSPS) is 17.0. The Morgan fingerprint density at radius 1 is 1.20 bits per heavy atom. The summed E-state index contributed by atoms with van der Waals surface area (Å²) in [5.41, 5.74) is 8.01. The monoisotopic (exact) mass is 444 g/mol. The highest BCUT2D eigenvalue weighted by molar-refractivity contribution is 7.89. The first-order valence-electron chi connectivity index (χ1n) is 9.71. The Morgan fingerprint density at radius 3 is 2.80 bits per heavy atom. The molecule has 2 heterocycles. The van der Waals surface area contributed by atoms with Gasteiger partial charge in [-0.05, 0) is 30.7 Å². The van der Waals surface area contributed by atoms with Crippen molar-refractivity contribution >= 4 is 37.5 Å². The van der Waals surface area contributed by atoms with Gasteiger partial charge in [0, 0.05) is 48.3 Å². The van der Waals surface area contributed by atoms with Crippen LogP contribution in [0, 0.1) is 6.92 Å². The number of aromatic nitrogens is 1. The lowest BCUT2D eigenvalue weighted by molar-refractivity contribution is 0.583. The molecule has 1 aromatic heterocycles. The Bertz CT molecular complexity index is 1230. The van der Waals surface area contributed by atoms with Crippen molar-refractivity contribution in [1.82, 2.24) is 9.71 Å². The van der Waals surface area contributed by atoms with E-state index < -0.39 is 20.8 Å². The molecule has 0 fully saturated rings. The fourth-order valence-corrected chi connectivity index (χ4v) is 6.11. The number of nitrogens with one attached hydrogen (secondary N) is 1. The molecule has 4 rings (SSSR count). The van der Waals surface area contributed by atoms with Crippen molar-refractivity contribution in [3.63, 3.8) is 0 Å². The molecule has 0 amide bonds. The topological polar surface area (TPSA) is 105 Å². The molecule has 0 radical (unpaired) electrons. The van der Waals surface area contributed by atoms with Gasteiger partial charge in [0.15, 0.2) is 0 Å². The molecule has 1 aliphatic rings. The van der Waals surface area contributed by atoms with Crippen LogP contribution in [0.4, 0.5) is 5.82 Å². The van der Waals surface area contributed by atoms with Gasteiger partial charge in [0.25, 0.3) is 0 Å². The van der Waals surface area contributed by atoms with Crippen molar-refractivity contribution in [2.45, 2.75) is 23.3 Å². The number of rotatable bonds is 5. The lowest BCUT2D eigenvalue weighted by Crippen LogP contribution is -2.30. The number of fused-ring (bicyclic) bond motifs is 2. The number of hydrogen-bond donors (Lipinski definition) is 2. The number of nitrogens with two attached hydrogens (primary N) is 1. The second-order valence-electron chi connectivity index (χ2n) is 7.26. The van der Waals surface area contributed by atoms with Crippen molar-refractivity contribution in [2.24, 2.45) is 5.73 Å². The standard InChI is InChI=1S/C21H24N4O3S2/c1-15-6-7-18-17(12-15)20(30(27,28)23-9-8-22)13-21(24-18)25-10-11-29(26)19-5-3-2-4-16(19)14-25/h2-7,12-13,23H,8-11,14,22H2,1H3. The maximum absolute atomic E-state index is 13.0. The second-order valence-corrected chi connectivity index (χ2v) is 10.5. The molecule has 0 spiro atoms. The van der Waals surface area contributed by atoms with Crippen molar-refractivity contribution < 1.29 is 12.6 Å². The number of aryl methyl sites for hydroxylation is 1. The van der Waals surface area contributed by atoms with Gasteiger partial charge in [0.2, 0.25) is 10.0 Å². The van der Waals surface area contributed by atoms with E-state index in [-0.39, 0.29) is 18.0 Å². The number of benzene rings is 2. The zero-order valence-corrected chi connectivity index (χ0v) is 18.3. The number of sulfonamides is 1. The van der Waals surface area contributed by atoms with Crippen LogP contribution in [-0.2, 0) is 27.4 Å². The highest BCUT2D eigenvalue weighted by atomic mass is 32.2. The van der Waals surface area contributed by atoms with Gasteiger partial charge in [-0.25, -0.2) is 18.1 Å². The summed E-state index contributed by atoms with van der Waals surface area (Å²) in [4.78, 5) is 7.74. The molecule has 9 heteroatoms. The molecule has 0 aliphatic carbocycles. The third kappa shape index (κ3) is 4.11. The van der Waals surface area contributed by atoms with Crippen molar-refractivity contribution in [3.05, 3.63) is 59.7 Å². The van der Waals surface area contributed by atoms with Crippen molar-refractivity contribution in [2.75, 3.05) is 30.3 Å². The van der Waals surface area contributed by atoms with Gasteiger partial charge in [0.1, 0.15) is 5.82 Å². The van der Waals surface area contributed by atoms with E-state index in [4.69, 9.17) is 10.7 Å². The Balaban J connectivity index is 1.84. The minimum absolute atomic E-state index is 0.156. The Morgan fingerprint density at radius 2 is 2.00 bits per heavy atom. The van der Waals surface area contributed by atoms with Crippen LogP contribution in [0.2, 0.25) is 0 Å². The SMILES string of the molecule is Cc1ccc2nc(N3CCS(=O)c4ccccc4C3)cc(S(=O)(=O)NCCN)c2c1. The van der Waals surface area contributed by atoms with Crippen LogP contribution in [0.3, 0.4) is 0 Å². The minimum Gasteiger partial charge on any atom is -0.351 e. The van der Waals surface area contributed by atoms with Crippen LogP contribution in [0.25, 0.3) is 10.9 Å². The third-order valence-corrected chi connectivity index (χ3v) is 8.03. The second kappa shape index (κ2) is 8.43. The number of anilines is 1. The lowest BCUT2D eigenvalue weighted by atomic mass is 10.1. The van der Waals surface area contributed by atoms with Crippen LogP contribution in [0.1, 0.15) is 11.1 Å². The average Bonchev–Trinajstić information content (AvgIpc) is 2.91. The molecule has 3 N–H and O–H groups in total. The zero-order chi connectivity index (χ0) is 21.3. The molecule has 1 atom stereocenters. The van der Waals surface area contributed by atoms with E-state index in [1.165, 1.54) is 0 Å². The molecule has 3 aromatic rings. The molecule has 0 saturated heterocycles. The van der Waals surface area contributed by atoms with E-state index in [2.05, 4.69) is 4.72 Å². The van der Waals surface area contributed by atoms with Crippen molar-refractivity contribution in [3.8, 4) is 0 Å². The van der Waals surface area contributed by atoms with E-state index in [1.807, 2.05) is 54.3 Å². The van der Waals surface area contributed by atoms with Gasteiger partial charge in [0.05, 0.1) is 21.2 Å². The smallest absolute Gasteiger partial charge is 0.241 e. The van der Waals surface area contributed by atoms with Gasteiger partial charge in [-0.2, -0.15) is 0 Å². The molecule has 7 nitrogen and oxygen atoms in total. The summed E-state index contributed by atoms with van der Waals surface area (Å²) in [5.74, 6) is 1.01. The van der Waals surface area contributed by atoms with Crippen LogP contribution in [-0.4, -0.2) is 43.0 Å². The fraction of sp³-hybridized carbons (Fsp3) is 0.286. The van der Waals surface area contributed by atoms with Gasteiger partial charge >= 0.3 is 0 Å². The van der Waals surface area contributed by atoms with Crippen LogP contribution < -0.4 is 15.4 Å². The Kier molecular flexibility index (Phi) is 5.88. The average molecular weight is 445 g/mol. The van der Waals surface area contributed by atoms with Gasteiger partial charge in [-0.1, -0.05) is 29.8 Å². The van der Waals surface area contributed by atoms with E-state index >= 15 is 0 Å². The van der Waals surface area contributed by atoms with E-state index in [0.29, 0.717) is 35.6 Å². The van der Waals surface area contributed by atoms with E-state index in [9.17, 15) is 12.6 Å². The molecule has 2 aromatic carbocycles. The predicted molar refractivity (Wildman–Crippen MR) is 119 cm³/mol. The first-order chi connectivity index (χ1) is 14.4. The third-order valence-electron chi connectivity index (χ3n) is 5.09. The van der Waals surface area contributed by atoms with Crippen LogP contribution in [0.5, 0.6) is 0 Å². The summed E-state index contributed by atoms with van der Waals surface area (Å²) in [6.45, 7) is 3.31. The first-order valence-corrected chi connectivity index (χ1v) is 12.5. The van der Waals surface area contributed by atoms with E-state index in [0.717, 1.165) is 16.0 Å². The summed E-state index contributed by atoms with van der Waals surface area (Å²) in [7, 11) is -4.86. The minimum atomic E-state index is -3.76. The predicted octanol–water partition coefficient (Wildman–Crippen LogP) is 1.91. The number of nitrogens with zero attached hydrogens (tertiary/aromatic N) is 2. The summed E-state index contributed by atoms with van der Waals surface area (Å²) in [5, 5.41) is 0.571. The summed E-state index contributed by atoms with van der Waals surface area (Å²) >= 11 is 0. The van der Waals surface area contributed by atoms with Crippen LogP contribution in [0.15, 0.2) is 58.3 Å². The van der Waals surface area contributed by atoms with Crippen LogP contribution >= 0.6 is 0 Å². The number of pyridine rings is 1. The quantitative estimate of drug-likeness (QED) is 0.623. The molecule has 158 valence electrons. The largest absolute Gasteiger partial charge is 0.351 e. The highest BCUT2D eigenvalue weighted by Crippen LogP contribution is 2.30. The summed E-state index contributed by atoms with van der Waals surface area (Å²) in [6, 6.07) is 14.8. The summed E-state index contributed by atoms with van der Waals surface area (Å²) in [6.07, 6.45) is 0. The van der Waals surface area contributed by atoms with Gasteiger partial charge in [-0.15, -0.1) is 0 Å². The molecule has 0 bridgehead atoms. The molecule has 1 aliphatic heterocycles. The Hall–Kier alpha value is -2.33. The lowest BCUT2D eigenvalue weighted by Gasteiger charge is -2.23. The maximum Gasteiger partial charge on any atom is 0.241 e. The highest BCUT2D eigenvalue weighted by Gasteiger charge is 2.24. The van der Waals surface area contributed by atoms with Crippen molar-refractivity contribution in [1.29, 1.82) is 0 Å². The van der Waals surface area contributed by atoms with Gasteiger partial charge in [-0.3, -0.25) is 4.21 Å². The van der Waals surface area contributed by atoms with Gasteiger partial charge < -0.3 is 10.6 Å². The summed E-state index contributed by atoms with van der Waals surface area (Å²) < 4.78 is 41.2. The maximum atomic E-state index is 13.0. The zero-order valence-electron chi connectivity index (χ0n) is 16.7. The van der Waals surface area contributed by atoms with E-state index in [1.54, 1.807) is 6.07 Å².